The molecule has 1 saturated heterocycles. The SMILES string of the molecule is Nc1ncnc2c1ncn2CC(=O)NNC(=S)NC1OC(CO)C(O)C(O)C1O. The second kappa shape index (κ2) is 8.76. The molecule has 0 spiro atoms. The second-order valence-electron chi connectivity index (χ2n) is 6.20. The lowest BCUT2D eigenvalue weighted by Crippen LogP contribution is -2.64. The summed E-state index contributed by atoms with van der Waals surface area (Å²) in [6, 6.07) is 0. The van der Waals surface area contributed by atoms with Gasteiger partial charge in [-0.2, -0.15) is 0 Å². The number of aliphatic hydroxyl groups excluding tert-OH is 4. The smallest absolute Gasteiger partial charge is 0.258 e. The maximum atomic E-state index is 12.1. The van der Waals surface area contributed by atoms with E-state index in [1.54, 1.807) is 0 Å². The second-order valence-corrected chi connectivity index (χ2v) is 6.61. The van der Waals surface area contributed by atoms with Crippen LogP contribution in [0.4, 0.5) is 5.82 Å². The molecule has 29 heavy (non-hydrogen) atoms. The number of amides is 1. The third-order valence-electron chi connectivity index (χ3n) is 4.22. The van der Waals surface area contributed by atoms with E-state index in [0.29, 0.717) is 11.2 Å². The number of hydrogen-bond acceptors (Lipinski definition) is 11. The van der Waals surface area contributed by atoms with Crippen LogP contribution in [0.25, 0.3) is 11.2 Å². The van der Waals surface area contributed by atoms with Gasteiger partial charge in [-0.05, 0) is 12.2 Å². The number of ether oxygens (including phenoxy) is 1. The highest BCUT2D eigenvalue weighted by Gasteiger charge is 2.43. The van der Waals surface area contributed by atoms with Crippen LogP contribution in [0, 0.1) is 0 Å². The molecule has 0 bridgehead atoms. The van der Waals surface area contributed by atoms with E-state index >= 15 is 0 Å². The molecule has 0 aliphatic carbocycles. The molecular formula is C14H20N8O6S. The Hall–Kier alpha value is -2.69. The van der Waals surface area contributed by atoms with E-state index in [1.807, 2.05) is 0 Å². The van der Waals surface area contributed by atoms with E-state index in [0.717, 1.165) is 0 Å². The Morgan fingerprint density at radius 1 is 1.21 bits per heavy atom. The number of rotatable bonds is 4. The van der Waals surface area contributed by atoms with Crippen molar-refractivity contribution in [1.82, 2.24) is 35.7 Å². The Labute approximate surface area is 168 Å². The summed E-state index contributed by atoms with van der Waals surface area (Å²) in [5.41, 5.74) is 11.2. The van der Waals surface area contributed by atoms with E-state index in [-0.39, 0.29) is 17.5 Å². The van der Waals surface area contributed by atoms with Crippen LogP contribution in [0.15, 0.2) is 12.7 Å². The van der Waals surface area contributed by atoms with Crippen molar-refractivity contribution < 1.29 is 30.0 Å². The van der Waals surface area contributed by atoms with E-state index < -0.39 is 43.2 Å². The highest BCUT2D eigenvalue weighted by atomic mass is 32.1. The highest BCUT2D eigenvalue weighted by Crippen LogP contribution is 2.19. The molecule has 0 saturated carbocycles. The zero-order valence-electron chi connectivity index (χ0n) is 14.8. The first kappa shape index (κ1) is 21.0. The monoisotopic (exact) mass is 428 g/mol. The van der Waals surface area contributed by atoms with Gasteiger partial charge in [0, 0.05) is 0 Å². The van der Waals surface area contributed by atoms with Crippen LogP contribution >= 0.6 is 12.2 Å². The van der Waals surface area contributed by atoms with Crippen molar-refractivity contribution in [2.45, 2.75) is 37.2 Å². The lowest BCUT2D eigenvalue weighted by molar-refractivity contribution is -0.232. The summed E-state index contributed by atoms with van der Waals surface area (Å²) in [6.07, 6.45) is -4.24. The van der Waals surface area contributed by atoms with Crippen molar-refractivity contribution in [3.05, 3.63) is 12.7 Å². The Kier molecular flexibility index (Phi) is 6.36. The zero-order valence-corrected chi connectivity index (χ0v) is 15.7. The molecule has 2 aromatic heterocycles. The molecule has 158 valence electrons. The average molecular weight is 428 g/mol. The normalized spacial score (nSPS) is 26.8. The van der Waals surface area contributed by atoms with E-state index in [2.05, 4.69) is 31.1 Å². The Morgan fingerprint density at radius 3 is 2.69 bits per heavy atom. The topological polar surface area (TPSA) is 213 Å². The van der Waals surface area contributed by atoms with Gasteiger partial charge in [0.2, 0.25) is 0 Å². The molecular weight excluding hydrogens is 408 g/mol. The zero-order chi connectivity index (χ0) is 21.1. The molecule has 5 atom stereocenters. The number of carbonyl (C=O) groups is 1. The van der Waals surface area contributed by atoms with Crippen LogP contribution in [0.1, 0.15) is 0 Å². The number of hydrogen-bond donors (Lipinski definition) is 8. The summed E-state index contributed by atoms with van der Waals surface area (Å²) < 4.78 is 6.71. The molecule has 0 aromatic carbocycles. The van der Waals surface area contributed by atoms with Gasteiger partial charge in [0.25, 0.3) is 5.91 Å². The van der Waals surface area contributed by atoms with Crippen LogP contribution < -0.4 is 21.9 Å². The predicted molar refractivity (Wildman–Crippen MR) is 101 cm³/mol. The first-order valence-corrected chi connectivity index (χ1v) is 8.79. The molecule has 3 rings (SSSR count). The van der Waals surface area contributed by atoms with Gasteiger partial charge in [0.15, 0.2) is 22.8 Å². The number of anilines is 1. The maximum Gasteiger partial charge on any atom is 0.258 e. The summed E-state index contributed by atoms with van der Waals surface area (Å²) in [5.74, 6) is -0.309. The summed E-state index contributed by atoms with van der Waals surface area (Å²) in [6.45, 7) is -0.727. The van der Waals surface area contributed by atoms with Crippen molar-refractivity contribution in [1.29, 1.82) is 0 Å². The number of fused-ring (bicyclic) bond motifs is 1. The van der Waals surface area contributed by atoms with Gasteiger partial charge in [-0.3, -0.25) is 15.6 Å². The van der Waals surface area contributed by atoms with Crippen LogP contribution in [0.3, 0.4) is 0 Å². The summed E-state index contributed by atoms with van der Waals surface area (Å²) in [7, 11) is 0. The Balaban J connectivity index is 1.52. The molecule has 5 unspecified atom stereocenters. The number of carbonyl (C=O) groups excluding carboxylic acids is 1. The number of nitrogens with one attached hydrogen (secondary N) is 3. The van der Waals surface area contributed by atoms with Crippen molar-refractivity contribution in [2.24, 2.45) is 0 Å². The maximum absolute atomic E-state index is 12.1. The number of hydrazine groups is 1. The average Bonchev–Trinajstić information content (AvgIpc) is 3.11. The fourth-order valence-electron chi connectivity index (χ4n) is 2.72. The van der Waals surface area contributed by atoms with Gasteiger partial charge in [-0.25, -0.2) is 15.0 Å². The van der Waals surface area contributed by atoms with E-state index in [4.69, 9.17) is 22.7 Å². The van der Waals surface area contributed by atoms with Crippen LogP contribution in [0.5, 0.6) is 0 Å². The van der Waals surface area contributed by atoms with Gasteiger partial charge in [0.1, 0.15) is 42.8 Å². The fraction of sp³-hybridized carbons (Fsp3) is 0.500. The van der Waals surface area contributed by atoms with Crippen LogP contribution in [0.2, 0.25) is 0 Å². The fourth-order valence-corrected chi connectivity index (χ4v) is 2.89. The molecule has 15 heteroatoms. The lowest BCUT2D eigenvalue weighted by atomic mass is 9.98. The molecule has 1 amide bonds. The quantitative estimate of drug-likeness (QED) is 0.171. The first-order valence-electron chi connectivity index (χ1n) is 8.39. The van der Waals surface area contributed by atoms with Gasteiger partial charge < -0.3 is 40.8 Å². The van der Waals surface area contributed by atoms with Gasteiger partial charge in [-0.1, -0.05) is 0 Å². The minimum atomic E-state index is -1.56. The number of nitrogens with two attached hydrogens (primary N) is 1. The summed E-state index contributed by atoms with van der Waals surface area (Å²) in [5, 5.41) is 41.0. The number of thiocarbonyl (C=S) groups is 1. The Morgan fingerprint density at radius 2 is 1.97 bits per heavy atom. The van der Waals surface area contributed by atoms with Crippen molar-refractivity contribution >= 4 is 40.2 Å². The summed E-state index contributed by atoms with van der Waals surface area (Å²) >= 11 is 5.00. The van der Waals surface area contributed by atoms with E-state index in [9.17, 15) is 25.2 Å². The van der Waals surface area contributed by atoms with Crippen LogP contribution in [-0.4, -0.2) is 88.2 Å². The number of imidazole rings is 1. The van der Waals surface area contributed by atoms with Crippen molar-refractivity contribution in [3.8, 4) is 0 Å². The minimum Gasteiger partial charge on any atom is -0.394 e. The number of aromatic nitrogens is 4. The molecule has 9 N–H and O–H groups in total. The van der Waals surface area contributed by atoms with Crippen molar-refractivity contribution in [2.75, 3.05) is 12.3 Å². The molecule has 1 aliphatic heterocycles. The lowest BCUT2D eigenvalue weighted by Gasteiger charge is -2.40. The predicted octanol–water partition coefficient (Wildman–Crippen LogP) is -4.30. The Bertz CT molecular complexity index is 894. The van der Waals surface area contributed by atoms with Crippen molar-refractivity contribution in [3.63, 3.8) is 0 Å². The molecule has 14 nitrogen and oxygen atoms in total. The standard InChI is InChI=1S/C14H20N8O6S/c15-11-7-12(17-3-16-11)22(4-18-7)1-6(24)20-21-14(29)19-13-10(27)9(26)8(25)5(2-23)28-13/h3-5,8-10,13,23,25-27H,1-2H2,(H,20,24)(H2,15,16,17)(H2,19,21,29). The summed E-state index contributed by atoms with van der Waals surface area (Å²) in [4.78, 5) is 24.0. The third kappa shape index (κ3) is 4.50. The number of nitrogens with zero attached hydrogens (tertiary/aromatic N) is 4. The first-order chi connectivity index (χ1) is 13.8. The number of aliphatic hydroxyl groups is 4. The van der Waals surface area contributed by atoms with Crippen LogP contribution in [-0.2, 0) is 16.1 Å². The van der Waals surface area contributed by atoms with Gasteiger partial charge in [-0.15, -0.1) is 0 Å². The minimum absolute atomic E-state index is 0.135. The van der Waals surface area contributed by atoms with E-state index in [1.165, 1.54) is 17.2 Å². The molecule has 1 aliphatic rings. The third-order valence-corrected chi connectivity index (χ3v) is 4.44. The molecule has 1 fully saturated rings. The molecule has 2 aromatic rings. The van der Waals surface area contributed by atoms with Gasteiger partial charge in [0.05, 0.1) is 12.9 Å². The highest BCUT2D eigenvalue weighted by molar-refractivity contribution is 7.80. The number of nitrogen functional groups attached to an aromatic ring is 1. The largest absolute Gasteiger partial charge is 0.394 e. The van der Waals surface area contributed by atoms with Gasteiger partial charge >= 0.3 is 0 Å². The molecule has 3 heterocycles. The molecule has 0 radical (unpaired) electrons.